The van der Waals surface area contributed by atoms with Gasteiger partial charge in [0.2, 0.25) is 0 Å². The predicted octanol–water partition coefficient (Wildman–Crippen LogP) is 4.09. The minimum atomic E-state index is -0.953. The van der Waals surface area contributed by atoms with Crippen molar-refractivity contribution in [3.8, 4) is 11.5 Å². The topological polar surface area (TPSA) is 38.7 Å². The van der Waals surface area contributed by atoms with Gasteiger partial charge >= 0.3 is 0 Å². The second kappa shape index (κ2) is 6.35. The Morgan fingerprint density at radius 1 is 1.00 bits per heavy atom. The van der Waals surface area contributed by atoms with E-state index in [1.807, 2.05) is 0 Å². The Kier molecular flexibility index (Phi) is 4.76. The Morgan fingerprint density at radius 3 is 2.40 bits per heavy atom. The number of methoxy groups -OCH3 is 2. The number of hydrogen-bond donors (Lipinski definition) is 1. The standard InChI is InChI=1S/C15H14Cl2O3/c1-19-9-6-7-13(20-2)11(8-9)15(18)10-4-3-5-12(16)14(10)17/h3-8,15,18H,1-2H3. The van der Waals surface area contributed by atoms with Crippen molar-refractivity contribution in [1.82, 2.24) is 0 Å². The molecule has 0 radical (unpaired) electrons. The molecule has 0 fully saturated rings. The Balaban J connectivity index is 2.51. The summed E-state index contributed by atoms with van der Waals surface area (Å²) in [5.41, 5.74) is 1.08. The zero-order valence-corrected chi connectivity index (χ0v) is 12.6. The predicted molar refractivity (Wildman–Crippen MR) is 80.1 cm³/mol. The van der Waals surface area contributed by atoms with E-state index in [1.165, 1.54) is 7.11 Å². The number of hydrogen-bond acceptors (Lipinski definition) is 3. The third-order valence-corrected chi connectivity index (χ3v) is 3.84. The highest BCUT2D eigenvalue weighted by Gasteiger charge is 2.20. The van der Waals surface area contributed by atoms with Crippen LogP contribution >= 0.6 is 23.2 Å². The average Bonchev–Trinajstić information content (AvgIpc) is 2.48. The summed E-state index contributed by atoms with van der Waals surface area (Å²) >= 11 is 12.1. The number of rotatable bonds is 4. The highest BCUT2D eigenvalue weighted by atomic mass is 35.5. The van der Waals surface area contributed by atoms with Gasteiger partial charge in [0.25, 0.3) is 0 Å². The molecule has 2 aromatic carbocycles. The van der Waals surface area contributed by atoms with E-state index in [-0.39, 0.29) is 0 Å². The van der Waals surface area contributed by atoms with E-state index in [4.69, 9.17) is 32.7 Å². The van der Waals surface area contributed by atoms with Gasteiger partial charge in [-0.1, -0.05) is 35.3 Å². The van der Waals surface area contributed by atoms with Crippen LogP contribution < -0.4 is 9.47 Å². The summed E-state index contributed by atoms with van der Waals surface area (Å²) in [6.07, 6.45) is -0.953. The normalized spacial score (nSPS) is 12.1. The molecule has 0 aliphatic heterocycles. The van der Waals surface area contributed by atoms with Gasteiger partial charge in [0.05, 0.1) is 24.3 Å². The molecule has 0 aliphatic rings. The van der Waals surface area contributed by atoms with Crippen LogP contribution in [-0.4, -0.2) is 19.3 Å². The van der Waals surface area contributed by atoms with Crippen LogP contribution in [0, 0.1) is 0 Å². The Hall–Kier alpha value is -1.42. The van der Waals surface area contributed by atoms with E-state index in [9.17, 15) is 5.11 Å². The number of aliphatic hydroxyl groups is 1. The SMILES string of the molecule is COc1ccc(OC)c(C(O)c2cccc(Cl)c2Cl)c1. The van der Waals surface area contributed by atoms with Gasteiger partial charge in [0.1, 0.15) is 17.6 Å². The fraction of sp³-hybridized carbons (Fsp3) is 0.200. The van der Waals surface area contributed by atoms with Gasteiger partial charge < -0.3 is 14.6 Å². The van der Waals surface area contributed by atoms with Crippen molar-refractivity contribution in [3.05, 3.63) is 57.6 Å². The maximum atomic E-state index is 10.6. The molecule has 5 heteroatoms. The molecule has 0 saturated heterocycles. The van der Waals surface area contributed by atoms with Gasteiger partial charge in [-0.25, -0.2) is 0 Å². The average molecular weight is 313 g/mol. The summed E-state index contributed by atoms with van der Waals surface area (Å²) in [6, 6.07) is 10.3. The molecule has 2 rings (SSSR count). The van der Waals surface area contributed by atoms with Gasteiger partial charge in [-0.3, -0.25) is 0 Å². The molecule has 0 bridgehead atoms. The highest BCUT2D eigenvalue weighted by molar-refractivity contribution is 6.42. The van der Waals surface area contributed by atoms with Crippen molar-refractivity contribution in [3.63, 3.8) is 0 Å². The molecule has 0 spiro atoms. The molecule has 1 unspecified atom stereocenters. The van der Waals surface area contributed by atoms with Crippen LogP contribution in [-0.2, 0) is 0 Å². The maximum Gasteiger partial charge on any atom is 0.125 e. The molecule has 0 heterocycles. The van der Waals surface area contributed by atoms with E-state index in [1.54, 1.807) is 43.5 Å². The lowest BCUT2D eigenvalue weighted by molar-refractivity contribution is 0.214. The molecule has 106 valence electrons. The monoisotopic (exact) mass is 312 g/mol. The summed E-state index contributed by atoms with van der Waals surface area (Å²) in [7, 11) is 3.10. The van der Waals surface area contributed by atoms with E-state index < -0.39 is 6.10 Å². The summed E-state index contributed by atoms with van der Waals surface area (Å²) < 4.78 is 10.4. The lowest BCUT2D eigenvalue weighted by Gasteiger charge is -2.17. The summed E-state index contributed by atoms with van der Waals surface area (Å²) in [6.45, 7) is 0. The highest BCUT2D eigenvalue weighted by Crippen LogP contribution is 2.37. The van der Waals surface area contributed by atoms with E-state index >= 15 is 0 Å². The third kappa shape index (κ3) is 2.85. The van der Waals surface area contributed by atoms with E-state index in [2.05, 4.69) is 0 Å². The van der Waals surface area contributed by atoms with Crippen LogP contribution in [0.25, 0.3) is 0 Å². The van der Waals surface area contributed by atoms with Gasteiger partial charge in [0.15, 0.2) is 0 Å². The summed E-state index contributed by atoms with van der Waals surface area (Å²) in [5.74, 6) is 1.17. The van der Waals surface area contributed by atoms with Crippen molar-refractivity contribution in [2.75, 3.05) is 14.2 Å². The second-order valence-corrected chi connectivity index (χ2v) is 4.94. The molecule has 0 amide bonds. The largest absolute Gasteiger partial charge is 0.497 e. The van der Waals surface area contributed by atoms with Crippen molar-refractivity contribution in [2.45, 2.75) is 6.10 Å². The van der Waals surface area contributed by atoms with Crippen molar-refractivity contribution < 1.29 is 14.6 Å². The smallest absolute Gasteiger partial charge is 0.125 e. The fourth-order valence-electron chi connectivity index (χ4n) is 1.95. The van der Waals surface area contributed by atoms with Gasteiger partial charge in [-0.15, -0.1) is 0 Å². The lowest BCUT2D eigenvalue weighted by atomic mass is 10.0. The zero-order valence-electron chi connectivity index (χ0n) is 11.1. The van der Waals surface area contributed by atoms with Crippen LogP contribution in [0.2, 0.25) is 10.0 Å². The first kappa shape index (κ1) is 15.0. The molecule has 0 saturated carbocycles. The molecule has 1 N–H and O–H groups in total. The van der Waals surface area contributed by atoms with Gasteiger partial charge in [0, 0.05) is 11.1 Å². The molecule has 1 atom stereocenters. The Morgan fingerprint density at radius 2 is 1.75 bits per heavy atom. The van der Waals surface area contributed by atoms with Crippen LogP contribution in [0.3, 0.4) is 0 Å². The molecule has 0 aliphatic carbocycles. The molecular formula is C15H14Cl2O3. The number of benzene rings is 2. The quantitative estimate of drug-likeness (QED) is 0.924. The lowest BCUT2D eigenvalue weighted by Crippen LogP contribution is -2.04. The van der Waals surface area contributed by atoms with Crippen LogP contribution in [0.4, 0.5) is 0 Å². The van der Waals surface area contributed by atoms with Crippen molar-refractivity contribution in [1.29, 1.82) is 0 Å². The first-order valence-corrected chi connectivity index (χ1v) is 6.68. The first-order valence-electron chi connectivity index (χ1n) is 5.92. The minimum absolute atomic E-state index is 0.325. The van der Waals surface area contributed by atoms with E-state index in [0.29, 0.717) is 32.7 Å². The molecular weight excluding hydrogens is 299 g/mol. The summed E-state index contributed by atoms with van der Waals surface area (Å²) in [4.78, 5) is 0. The third-order valence-electron chi connectivity index (χ3n) is 3.01. The van der Waals surface area contributed by atoms with Crippen LogP contribution in [0.15, 0.2) is 36.4 Å². The first-order chi connectivity index (χ1) is 9.58. The molecule has 2 aromatic rings. The molecule has 20 heavy (non-hydrogen) atoms. The Labute approximate surface area is 127 Å². The Bertz CT molecular complexity index is 614. The number of halogens is 2. The number of ether oxygens (including phenoxy) is 2. The van der Waals surface area contributed by atoms with E-state index in [0.717, 1.165) is 0 Å². The van der Waals surface area contributed by atoms with Crippen LogP contribution in [0.5, 0.6) is 11.5 Å². The van der Waals surface area contributed by atoms with Gasteiger partial charge in [-0.05, 0) is 24.3 Å². The molecule has 0 aromatic heterocycles. The minimum Gasteiger partial charge on any atom is -0.497 e. The van der Waals surface area contributed by atoms with Gasteiger partial charge in [-0.2, -0.15) is 0 Å². The summed E-state index contributed by atoms with van der Waals surface area (Å²) in [5, 5.41) is 11.3. The second-order valence-electron chi connectivity index (χ2n) is 4.15. The zero-order chi connectivity index (χ0) is 14.7. The fourth-order valence-corrected chi connectivity index (χ4v) is 2.36. The van der Waals surface area contributed by atoms with Crippen molar-refractivity contribution >= 4 is 23.2 Å². The molecule has 3 nitrogen and oxygen atoms in total. The van der Waals surface area contributed by atoms with Crippen LogP contribution in [0.1, 0.15) is 17.2 Å². The maximum absolute atomic E-state index is 10.6. The van der Waals surface area contributed by atoms with Crippen molar-refractivity contribution in [2.24, 2.45) is 0 Å². The number of aliphatic hydroxyl groups excluding tert-OH is 1.